The summed E-state index contributed by atoms with van der Waals surface area (Å²) in [5.41, 5.74) is 3.53. The van der Waals surface area contributed by atoms with E-state index in [1.807, 2.05) is 18.2 Å². The fourth-order valence-corrected chi connectivity index (χ4v) is 5.70. The number of pyridine rings is 1. The predicted octanol–water partition coefficient (Wildman–Crippen LogP) is 5.18. The average molecular weight is 327 g/mol. The number of aromatic nitrogens is 1. The minimum Gasteiger partial charge on any atom is -0.487 e. The van der Waals surface area contributed by atoms with Crippen LogP contribution in [0.4, 0.5) is 0 Å². The molecule has 2 nitrogen and oxygen atoms in total. The highest BCUT2D eigenvalue weighted by Gasteiger charge is 2.68. The molecule has 4 bridgehead atoms. The second kappa shape index (κ2) is 5.08. The van der Waals surface area contributed by atoms with E-state index in [-0.39, 0.29) is 0 Å². The van der Waals surface area contributed by atoms with E-state index in [4.69, 9.17) is 4.74 Å². The first-order chi connectivity index (χ1) is 12.4. The van der Waals surface area contributed by atoms with E-state index in [0.717, 1.165) is 46.5 Å². The first kappa shape index (κ1) is 13.9. The zero-order valence-electron chi connectivity index (χ0n) is 14.1. The van der Waals surface area contributed by atoms with Crippen molar-refractivity contribution in [3.05, 3.63) is 71.9 Å². The van der Waals surface area contributed by atoms with Gasteiger partial charge in [-0.2, -0.15) is 0 Å². The molecular weight excluding hydrogens is 306 g/mol. The number of fused-ring (bicyclic) bond motifs is 1. The zero-order chi connectivity index (χ0) is 16.4. The Morgan fingerprint density at radius 3 is 2.44 bits per heavy atom. The van der Waals surface area contributed by atoms with Crippen LogP contribution in [0.3, 0.4) is 0 Å². The van der Waals surface area contributed by atoms with Crippen LogP contribution in [0.2, 0.25) is 0 Å². The summed E-state index contributed by atoms with van der Waals surface area (Å²) in [6, 6.07) is 21.2. The third-order valence-electron chi connectivity index (χ3n) is 6.78. The van der Waals surface area contributed by atoms with Crippen LogP contribution in [0.25, 0.3) is 10.9 Å². The molecule has 3 aromatic rings. The zero-order valence-corrected chi connectivity index (χ0v) is 14.1. The molecule has 0 spiro atoms. The van der Waals surface area contributed by atoms with Crippen molar-refractivity contribution >= 4 is 10.9 Å². The lowest BCUT2D eigenvalue weighted by atomic mass is 9.90. The summed E-state index contributed by atoms with van der Waals surface area (Å²) in [6.45, 7) is 0.517. The topological polar surface area (TPSA) is 22.1 Å². The van der Waals surface area contributed by atoms with Crippen molar-refractivity contribution in [3.8, 4) is 5.75 Å². The van der Waals surface area contributed by atoms with E-state index in [0.29, 0.717) is 6.61 Å². The Hall–Kier alpha value is -2.35. The van der Waals surface area contributed by atoms with E-state index >= 15 is 0 Å². The Bertz CT molecular complexity index is 934. The van der Waals surface area contributed by atoms with Crippen molar-refractivity contribution in [2.45, 2.75) is 25.4 Å². The number of benzene rings is 2. The van der Waals surface area contributed by atoms with Gasteiger partial charge in [0.1, 0.15) is 12.4 Å². The fraction of sp³-hybridized carbons (Fsp3) is 0.348. The molecule has 7 rings (SSSR count). The highest BCUT2D eigenvalue weighted by atomic mass is 16.5. The molecular formula is C23H21NO. The molecule has 0 saturated heterocycles. The number of para-hydroxylation sites is 1. The van der Waals surface area contributed by atoms with Crippen LogP contribution in [0, 0.1) is 23.7 Å². The van der Waals surface area contributed by atoms with Crippen LogP contribution >= 0.6 is 0 Å². The van der Waals surface area contributed by atoms with Gasteiger partial charge in [0.25, 0.3) is 0 Å². The number of hydrogen-bond acceptors (Lipinski definition) is 2. The van der Waals surface area contributed by atoms with Crippen molar-refractivity contribution in [1.82, 2.24) is 4.98 Å². The minimum absolute atomic E-state index is 0.517. The molecule has 2 aromatic carbocycles. The maximum Gasteiger partial charge on any atom is 0.130 e. The molecule has 0 N–H and O–H groups in total. The lowest BCUT2D eigenvalue weighted by molar-refractivity contribution is 0.301. The van der Waals surface area contributed by atoms with E-state index in [9.17, 15) is 0 Å². The van der Waals surface area contributed by atoms with Gasteiger partial charge in [0.2, 0.25) is 0 Å². The molecule has 1 aromatic heterocycles. The Morgan fingerprint density at radius 1 is 0.880 bits per heavy atom. The molecule has 0 amide bonds. The summed E-state index contributed by atoms with van der Waals surface area (Å²) in [7, 11) is 0. The van der Waals surface area contributed by atoms with E-state index in [2.05, 4.69) is 47.4 Å². The standard InChI is InChI=1S/C23H21NO/c1-2-4-21-14(3-1)5-8-17(24-21)13-25-18-9-6-15(7-10-18)22-16-11-19-20(12-16)23(19)22/h1-10,16,19-20,22-23H,11-13H2. The molecule has 4 aliphatic rings. The first-order valence-electron chi connectivity index (χ1n) is 9.44. The second-order valence-corrected chi connectivity index (χ2v) is 8.02. The van der Waals surface area contributed by atoms with E-state index in [1.54, 1.807) is 0 Å². The molecule has 1 heterocycles. The summed E-state index contributed by atoms with van der Waals surface area (Å²) >= 11 is 0. The average Bonchev–Trinajstić information content (AvgIpc) is 3.04. The van der Waals surface area contributed by atoms with Crippen LogP contribution in [0.1, 0.15) is 30.0 Å². The molecule has 0 aliphatic heterocycles. The van der Waals surface area contributed by atoms with Crippen LogP contribution in [-0.4, -0.2) is 4.98 Å². The summed E-state index contributed by atoms with van der Waals surface area (Å²) in [6.07, 6.45) is 2.98. The van der Waals surface area contributed by atoms with E-state index in [1.165, 1.54) is 23.8 Å². The van der Waals surface area contributed by atoms with Crippen molar-refractivity contribution in [3.63, 3.8) is 0 Å². The van der Waals surface area contributed by atoms with Crippen molar-refractivity contribution in [1.29, 1.82) is 0 Å². The SMILES string of the molecule is c1ccc2nc(COc3ccc(C4C5CC6C(C5)C64)cc3)ccc2c1. The number of hydrogen-bond donors (Lipinski definition) is 0. The molecule has 4 fully saturated rings. The smallest absolute Gasteiger partial charge is 0.130 e. The monoisotopic (exact) mass is 327 g/mol. The van der Waals surface area contributed by atoms with Gasteiger partial charge < -0.3 is 4.74 Å². The lowest BCUT2D eigenvalue weighted by Gasteiger charge is -2.16. The third-order valence-corrected chi connectivity index (χ3v) is 6.78. The Morgan fingerprint density at radius 2 is 1.68 bits per heavy atom. The molecule has 4 saturated carbocycles. The Labute approximate surface area is 147 Å². The quantitative estimate of drug-likeness (QED) is 0.658. The van der Waals surface area contributed by atoms with Gasteiger partial charge >= 0.3 is 0 Å². The molecule has 25 heavy (non-hydrogen) atoms. The Kier molecular flexibility index (Phi) is 2.82. The molecule has 3 atom stereocenters. The normalized spacial score (nSPS) is 31.4. The highest BCUT2D eigenvalue weighted by Crippen LogP contribution is 2.76. The highest BCUT2D eigenvalue weighted by molar-refractivity contribution is 5.78. The molecule has 4 aliphatic carbocycles. The predicted molar refractivity (Wildman–Crippen MR) is 98.5 cm³/mol. The van der Waals surface area contributed by atoms with Gasteiger partial charge in [-0.3, -0.25) is 0 Å². The van der Waals surface area contributed by atoms with Gasteiger partial charge in [-0.25, -0.2) is 4.98 Å². The summed E-state index contributed by atoms with van der Waals surface area (Å²) < 4.78 is 5.97. The first-order valence-corrected chi connectivity index (χ1v) is 9.44. The van der Waals surface area contributed by atoms with Gasteiger partial charge in [0.15, 0.2) is 0 Å². The van der Waals surface area contributed by atoms with Crippen molar-refractivity contribution in [2.75, 3.05) is 0 Å². The van der Waals surface area contributed by atoms with Crippen LogP contribution in [0.5, 0.6) is 5.75 Å². The van der Waals surface area contributed by atoms with Crippen LogP contribution in [0.15, 0.2) is 60.7 Å². The second-order valence-electron chi connectivity index (χ2n) is 8.02. The number of ether oxygens (including phenoxy) is 1. The number of rotatable bonds is 4. The van der Waals surface area contributed by atoms with Gasteiger partial charge in [-0.05, 0) is 72.3 Å². The maximum absolute atomic E-state index is 5.97. The summed E-state index contributed by atoms with van der Waals surface area (Å²) in [5, 5.41) is 1.17. The van der Waals surface area contributed by atoms with Crippen molar-refractivity contribution in [2.24, 2.45) is 23.7 Å². The van der Waals surface area contributed by atoms with E-state index < -0.39 is 0 Å². The third kappa shape index (κ3) is 2.13. The molecule has 124 valence electrons. The minimum atomic E-state index is 0.517. The van der Waals surface area contributed by atoms with Gasteiger partial charge in [0, 0.05) is 5.39 Å². The van der Waals surface area contributed by atoms with Crippen LogP contribution < -0.4 is 4.74 Å². The maximum atomic E-state index is 5.97. The lowest BCUT2D eigenvalue weighted by Crippen LogP contribution is -2.03. The largest absolute Gasteiger partial charge is 0.487 e. The Balaban J connectivity index is 1.16. The van der Waals surface area contributed by atoms with Gasteiger partial charge in [-0.1, -0.05) is 36.4 Å². The summed E-state index contributed by atoms with van der Waals surface area (Å²) in [5.74, 6) is 5.91. The summed E-state index contributed by atoms with van der Waals surface area (Å²) in [4.78, 5) is 4.68. The van der Waals surface area contributed by atoms with Gasteiger partial charge in [-0.15, -0.1) is 0 Å². The fourth-order valence-electron chi connectivity index (χ4n) is 5.70. The molecule has 0 radical (unpaired) electrons. The van der Waals surface area contributed by atoms with Crippen molar-refractivity contribution < 1.29 is 4.74 Å². The van der Waals surface area contributed by atoms with Crippen LogP contribution in [-0.2, 0) is 6.61 Å². The molecule has 3 unspecified atom stereocenters. The van der Waals surface area contributed by atoms with Gasteiger partial charge in [0.05, 0.1) is 11.2 Å². The number of nitrogens with zero attached hydrogens (tertiary/aromatic N) is 1. The molecule has 2 heteroatoms.